The van der Waals surface area contributed by atoms with Crippen molar-refractivity contribution in [1.29, 1.82) is 0 Å². The monoisotopic (exact) mass is 358 g/mol. The van der Waals surface area contributed by atoms with Crippen molar-refractivity contribution in [2.24, 2.45) is 5.73 Å². The second-order valence-corrected chi connectivity index (χ2v) is 6.75. The Balaban J connectivity index is 1.63. The maximum Gasteiger partial charge on any atom is 0.188 e. The number of nitrogens with zero attached hydrogens (tertiary/aromatic N) is 2. The first-order chi connectivity index (χ1) is 12.6. The summed E-state index contributed by atoms with van der Waals surface area (Å²) in [5, 5.41) is 3.04. The fourth-order valence-electron chi connectivity index (χ4n) is 3.13. The van der Waals surface area contributed by atoms with Crippen LogP contribution in [-0.4, -0.2) is 30.7 Å². The summed E-state index contributed by atoms with van der Waals surface area (Å²) in [4.78, 5) is 6.13. The normalized spacial score (nSPS) is 18.0. The predicted molar refractivity (Wildman–Crippen MR) is 103 cm³/mol. The lowest BCUT2D eigenvalue weighted by molar-refractivity contribution is 0.225. The molecule has 3 N–H and O–H groups in total. The van der Waals surface area contributed by atoms with E-state index in [9.17, 15) is 4.39 Å². The van der Waals surface area contributed by atoms with Gasteiger partial charge >= 0.3 is 0 Å². The average molecular weight is 358 g/mol. The van der Waals surface area contributed by atoms with E-state index in [4.69, 9.17) is 10.5 Å². The number of pyridine rings is 1. The number of anilines is 2. The molecular formula is C20H27FN4O. The van der Waals surface area contributed by atoms with E-state index in [1.54, 1.807) is 12.3 Å². The highest BCUT2D eigenvalue weighted by molar-refractivity contribution is 5.56. The minimum Gasteiger partial charge on any atom is -0.489 e. The van der Waals surface area contributed by atoms with Gasteiger partial charge in [0.2, 0.25) is 0 Å². The molecule has 1 aromatic heterocycles. The fraction of sp³-hybridized carbons (Fsp3) is 0.450. The van der Waals surface area contributed by atoms with Gasteiger partial charge in [0.25, 0.3) is 0 Å². The third kappa shape index (κ3) is 4.25. The van der Waals surface area contributed by atoms with Crippen molar-refractivity contribution in [3.8, 4) is 5.75 Å². The lowest BCUT2D eigenvalue weighted by atomic mass is 10.1. The van der Waals surface area contributed by atoms with E-state index in [1.165, 1.54) is 0 Å². The molecular weight excluding hydrogens is 331 g/mol. The maximum absolute atomic E-state index is 14.7. The number of hydrogen-bond donors (Lipinski definition) is 2. The van der Waals surface area contributed by atoms with Gasteiger partial charge in [-0.2, -0.15) is 0 Å². The van der Waals surface area contributed by atoms with E-state index in [0.717, 1.165) is 30.7 Å². The summed E-state index contributed by atoms with van der Waals surface area (Å²) < 4.78 is 20.8. The summed E-state index contributed by atoms with van der Waals surface area (Å²) in [7, 11) is 0. The Kier molecular flexibility index (Phi) is 5.93. The molecule has 1 aromatic carbocycles. The van der Waals surface area contributed by atoms with Crippen LogP contribution in [0.2, 0.25) is 0 Å². The third-order valence-electron chi connectivity index (χ3n) is 4.61. The number of benzene rings is 1. The summed E-state index contributed by atoms with van der Waals surface area (Å²) in [5.74, 6) is 0.852. The van der Waals surface area contributed by atoms with Crippen LogP contribution >= 0.6 is 0 Å². The van der Waals surface area contributed by atoms with Gasteiger partial charge in [-0.3, -0.25) is 0 Å². The molecule has 3 rings (SSSR count). The summed E-state index contributed by atoms with van der Waals surface area (Å²) in [6.45, 7) is 6.12. The minimum atomic E-state index is -0.289. The molecule has 2 atom stereocenters. The number of aromatic nitrogens is 1. The van der Waals surface area contributed by atoms with Crippen LogP contribution in [0.25, 0.3) is 0 Å². The number of rotatable bonds is 7. The summed E-state index contributed by atoms with van der Waals surface area (Å²) >= 11 is 0. The van der Waals surface area contributed by atoms with Gasteiger partial charge in [0.05, 0.1) is 12.2 Å². The number of ether oxygens (including phenoxy) is 1. The van der Waals surface area contributed by atoms with Crippen LogP contribution in [0.4, 0.5) is 15.9 Å². The van der Waals surface area contributed by atoms with E-state index >= 15 is 0 Å². The van der Waals surface area contributed by atoms with Crippen molar-refractivity contribution in [3.63, 3.8) is 0 Å². The zero-order valence-corrected chi connectivity index (χ0v) is 15.4. The van der Waals surface area contributed by atoms with Gasteiger partial charge < -0.3 is 20.7 Å². The molecule has 1 fully saturated rings. The van der Waals surface area contributed by atoms with E-state index in [0.29, 0.717) is 24.6 Å². The maximum atomic E-state index is 14.7. The zero-order chi connectivity index (χ0) is 18.5. The topological polar surface area (TPSA) is 63.4 Å². The van der Waals surface area contributed by atoms with Crippen molar-refractivity contribution in [1.82, 2.24) is 4.98 Å². The highest BCUT2D eigenvalue weighted by Crippen LogP contribution is 2.28. The molecule has 0 amide bonds. The van der Waals surface area contributed by atoms with Gasteiger partial charge in [0.1, 0.15) is 11.9 Å². The van der Waals surface area contributed by atoms with Crippen molar-refractivity contribution in [2.75, 3.05) is 29.9 Å². The lowest BCUT2D eigenvalue weighted by Gasteiger charge is -2.21. The highest BCUT2D eigenvalue weighted by atomic mass is 19.1. The summed E-state index contributed by atoms with van der Waals surface area (Å²) in [5.41, 5.74) is 7.53. The van der Waals surface area contributed by atoms with E-state index in [-0.39, 0.29) is 18.0 Å². The SMILES string of the molecule is CCCNc1nccc(N2CC[C@@H](Oc3ccc([C@H](C)N)cc3)C2)c1F. The smallest absolute Gasteiger partial charge is 0.188 e. The molecule has 0 radical (unpaired) electrons. The van der Waals surface area contributed by atoms with Crippen LogP contribution in [0.1, 0.15) is 38.3 Å². The molecule has 2 heterocycles. The lowest BCUT2D eigenvalue weighted by Crippen LogP contribution is -2.25. The Bertz CT molecular complexity index is 720. The van der Waals surface area contributed by atoms with E-state index in [2.05, 4.69) is 10.3 Å². The molecule has 26 heavy (non-hydrogen) atoms. The Morgan fingerprint density at radius 2 is 2.12 bits per heavy atom. The molecule has 140 valence electrons. The average Bonchev–Trinajstić information content (AvgIpc) is 3.09. The molecule has 0 bridgehead atoms. The first kappa shape index (κ1) is 18.5. The van der Waals surface area contributed by atoms with Crippen LogP contribution in [0.3, 0.4) is 0 Å². The van der Waals surface area contributed by atoms with Gasteiger partial charge in [0.15, 0.2) is 11.6 Å². The Labute approximate surface area is 154 Å². The van der Waals surface area contributed by atoms with Gasteiger partial charge in [-0.05, 0) is 37.1 Å². The van der Waals surface area contributed by atoms with Crippen LogP contribution < -0.4 is 20.7 Å². The zero-order valence-electron chi connectivity index (χ0n) is 15.4. The Morgan fingerprint density at radius 1 is 1.35 bits per heavy atom. The first-order valence-electron chi connectivity index (χ1n) is 9.24. The molecule has 1 saturated heterocycles. The molecule has 0 saturated carbocycles. The van der Waals surface area contributed by atoms with Crippen molar-refractivity contribution >= 4 is 11.5 Å². The Hall–Kier alpha value is -2.34. The van der Waals surface area contributed by atoms with Crippen LogP contribution in [0.15, 0.2) is 36.5 Å². The molecule has 1 aliphatic heterocycles. The van der Waals surface area contributed by atoms with Crippen LogP contribution in [0, 0.1) is 5.82 Å². The van der Waals surface area contributed by atoms with Crippen molar-refractivity contribution in [2.45, 2.75) is 38.8 Å². The van der Waals surface area contributed by atoms with Crippen molar-refractivity contribution in [3.05, 3.63) is 47.9 Å². The first-order valence-corrected chi connectivity index (χ1v) is 9.24. The fourth-order valence-corrected chi connectivity index (χ4v) is 3.13. The van der Waals surface area contributed by atoms with Gasteiger partial charge in [-0.15, -0.1) is 0 Å². The number of nitrogens with two attached hydrogens (primary N) is 1. The number of hydrogen-bond acceptors (Lipinski definition) is 5. The quantitative estimate of drug-likeness (QED) is 0.790. The van der Waals surface area contributed by atoms with Crippen LogP contribution in [-0.2, 0) is 0 Å². The predicted octanol–water partition coefficient (Wildman–Crippen LogP) is 3.72. The largest absolute Gasteiger partial charge is 0.489 e. The molecule has 0 spiro atoms. The number of halogens is 1. The van der Waals surface area contributed by atoms with Gasteiger partial charge in [-0.25, -0.2) is 9.37 Å². The molecule has 6 heteroatoms. The van der Waals surface area contributed by atoms with Crippen LogP contribution in [0.5, 0.6) is 5.75 Å². The summed E-state index contributed by atoms with van der Waals surface area (Å²) in [6.07, 6.45) is 3.47. The molecule has 5 nitrogen and oxygen atoms in total. The highest BCUT2D eigenvalue weighted by Gasteiger charge is 2.27. The molecule has 0 aliphatic carbocycles. The molecule has 2 aromatic rings. The van der Waals surface area contributed by atoms with Crippen molar-refractivity contribution < 1.29 is 9.13 Å². The van der Waals surface area contributed by atoms with E-state index in [1.807, 2.05) is 43.0 Å². The molecule has 0 unspecified atom stereocenters. The van der Waals surface area contributed by atoms with Gasteiger partial charge in [0, 0.05) is 31.7 Å². The second-order valence-electron chi connectivity index (χ2n) is 6.75. The van der Waals surface area contributed by atoms with E-state index < -0.39 is 0 Å². The minimum absolute atomic E-state index is 0.0104. The van der Waals surface area contributed by atoms with Gasteiger partial charge in [-0.1, -0.05) is 19.1 Å². The molecule has 1 aliphatic rings. The standard InChI is InChI=1S/C20H27FN4O/c1-3-10-23-20-19(21)18(8-11-24-20)25-12-9-17(13-25)26-16-6-4-15(5-7-16)14(2)22/h4-8,11,14,17H,3,9-10,12-13,22H2,1-2H3,(H,23,24)/t14-,17+/m0/s1. The Morgan fingerprint density at radius 3 is 2.81 bits per heavy atom. The second kappa shape index (κ2) is 8.36. The number of nitrogens with one attached hydrogen (secondary N) is 1. The third-order valence-corrected chi connectivity index (χ3v) is 4.61. The summed E-state index contributed by atoms with van der Waals surface area (Å²) in [6, 6.07) is 9.60.